The van der Waals surface area contributed by atoms with E-state index in [4.69, 9.17) is 9.79 Å². The summed E-state index contributed by atoms with van der Waals surface area (Å²) >= 11 is 0. The Labute approximate surface area is 89.5 Å². The summed E-state index contributed by atoms with van der Waals surface area (Å²) in [6.45, 7) is 0. The van der Waals surface area contributed by atoms with E-state index in [0.29, 0.717) is 0 Å². The molecule has 82 valence electrons. The van der Waals surface area contributed by atoms with Gasteiger partial charge in [0.25, 0.3) is 0 Å². The van der Waals surface area contributed by atoms with Gasteiger partial charge in [0.15, 0.2) is 0 Å². The Bertz CT molecular complexity index is 324. The predicted octanol–water partition coefficient (Wildman–Crippen LogP) is -3.43. The maximum atomic E-state index is 11.4. The van der Waals surface area contributed by atoms with Crippen molar-refractivity contribution in [2.75, 3.05) is 0 Å². The van der Waals surface area contributed by atoms with Crippen molar-refractivity contribution in [3.8, 4) is 0 Å². The van der Waals surface area contributed by atoms with Gasteiger partial charge in [-0.1, -0.05) is 4.89 Å². The molecule has 0 rings (SSSR count). The van der Waals surface area contributed by atoms with Crippen molar-refractivity contribution in [1.82, 2.24) is 4.89 Å². The van der Waals surface area contributed by atoms with Crippen molar-refractivity contribution in [1.29, 1.82) is 0 Å². The fraction of sp³-hybridized carbons (Fsp3) is 1.00. The van der Waals surface area contributed by atoms with Crippen LogP contribution in [-0.2, 0) is 19.2 Å². The summed E-state index contributed by atoms with van der Waals surface area (Å²) in [6.07, 6.45) is 0. The average Bonchev–Trinajstić information content (AvgIpc) is 1.79. The zero-order valence-corrected chi connectivity index (χ0v) is 8.23. The summed E-state index contributed by atoms with van der Waals surface area (Å²) in [4.78, 5) is 15.9. The Morgan fingerprint density at radius 2 is 1.71 bits per heavy atom. The summed E-state index contributed by atoms with van der Waals surface area (Å²) in [5.74, 6) is 0. The smallest absolute Gasteiger partial charge is 1.00 e. The maximum absolute atomic E-state index is 11.4. The van der Waals surface area contributed by atoms with Crippen LogP contribution in [-0.4, -0.2) is 23.7 Å². The number of halogens is 3. The van der Waals surface area contributed by atoms with Crippen molar-refractivity contribution in [2.45, 2.75) is 5.51 Å². The van der Waals surface area contributed by atoms with E-state index in [9.17, 15) is 26.2 Å². The molecule has 0 radical (unpaired) electrons. The first-order valence-electron chi connectivity index (χ1n) is 2.28. The first kappa shape index (κ1) is 16.8. The molecule has 0 spiro atoms. The summed E-state index contributed by atoms with van der Waals surface area (Å²) in [5.41, 5.74) is -5.69. The third-order valence-electron chi connectivity index (χ3n) is 0.571. The quantitative estimate of drug-likeness (QED) is 0.274. The Balaban J connectivity index is -0.000000720. The number of nitrogens with one attached hydrogen (secondary N) is 1. The van der Waals surface area contributed by atoms with Crippen LogP contribution in [0.25, 0.3) is 0 Å². The van der Waals surface area contributed by atoms with Crippen molar-refractivity contribution in [3.63, 3.8) is 0 Å². The molecule has 0 aromatic carbocycles. The molecule has 0 aliphatic rings. The number of phosphoric acid groups is 1. The second-order valence-electron chi connectivity index (χ2n) is 1.61. The van der Waals surface area contributed by atoms with Gasteiger partial charge in [0, 0.05) is 0 Å². The molecule has 0 aliphatic carbocycles. The molecular weight excluding hydrogens is 249 g/mol. The number of hydrogen-bond acceptors (Lipinski definition) is 4. The SMILES string of the molecule is O=P(O)(O)ONS(=O)(=O)C(F)(F)F.[H-].[Li+]. The van der Waals surface area contributed by atoms with Crippen LogP contribution in [0.2, 0.25) is 0 Å². The largest absolute Gasteiger partial charge is 1.00 e. The van der Waals surface area contributed by atoms with Crippen molar-refractivity contribution in [2.24, 2.45) is 0 Å². The Kier molecular flexibility index (Phi) is 5.96. The van der Waals surface area contributed by atoms with Crippen molar-refractivity contribution >= 4 is 17.8 Å². The van der Waals surface area contributed by atoms with E-state index in [1.54, 1.807) is 0 Å². The Hall–Kier alpha value is 0.407. The predicted molar refractivity (Wildman–Crippen MR) is 32.4 cm³/mol. The van der Waals surface area contributed by atoms with E-state index in [1.807, 2.05) is 0 Å². The molecule has 0 fully saturated rings. The van der Waals surface area contributed by atoms with Gasteiger partial charge in [0.2, 0.25) is 0 Å². The number of hydrogen-bond donors (Lipinski definition) is 3. The molecule has 0 bridgehead atoms. The van der Waals surface area contributed by atoms with Gasteiger partial charge >= 0.3 is 42.2 Å². The van der Waals surface area contributed by atoms with Gasteiger partial charge in [-0.15, -0.1) is 0 Å². The van der Waals surface area contributed by atoms with E-state index in [1.165, 1.54) is 0 Å². The Morgan fingerprint density at radius 1 is 1.36 bits per heavy atom. The normalized spacial score (nSPS) is 13.5. The van der Waals surface area contributed by atoms with Crippen molar-refractivity contribution < 1.29 is 60.9 Å². The van der Waals surface area contributed by atoms with Gasteiger partial charge in [-0.3, -0.25) is 0 Å². The molecule has 0 aromatic rings. The molecule has 0 aromatic heterocycles. The molecule has 3 N–H and O–H groups in total. The van der Waals surface area contributed by atoms with Crippen LogP contribution in [0.4, 0.5) is 13.2 Å². The molecule has 0 saturated heterocycles. The molecule has 7 nitrogen and oxygen atoms in total. The monoisotopic (exact) mass is 253 g/mol. The Morgan fingerprint density at radius 3 is 1.93 bits per heavy atom. The summed E-state index contributed by atoms with van der Waals surface area (Å²) < 4.78 is 67.0. The van der Waals surface area contributed by atoms with Crippen molar-refractivity contribution in [3.05, 3.63) is 0 Å². The molecule has 0 amide bonds. The van der Waals surface area contributed by atoms with Crippen LogP contribution in [0.3, 0.4) is 0 Å². The summed E-state index contributed by atoms with van der Waals surface area (Å²) in [5, 5.41) is 0. The van der Waals surface area contributed by atoms with E-state index >= 15 is 0 Å². The topological polar surface area (TPSA) is 113 Å². The van der Waals surface area contributed by atoms with Crippen LogP contribution < -0.4 is 23.7 Å². The number of rotatable bonds is 3. The minimum Gasteiger partial charge on any atom is -1.00 e. The maximum Gasteiger partial charge on any atom is 1.00 e. The minimum atomic E-state index is -5.90. The molecule has 14 heavy (non-hydrogen) atoms. The summed E-state index contributed by atoms with van der Waals surface area (Å²) in [6, 6.07) is 0. The third kappa shape index (κ3) is 6.00. The van der Waals surface area contributed by atoms with E-state index in [0.717, 1.165) is 0 Å². The van der Waals surface area contributed by atoms with Gasteiger partial charge in [-0.2, -0.15) is 17.8 Å². The first-order chi connectivity index (χ1) is 5.46. The van der Waals surface area contributed by atoms with Gasteiger partial charge in [-0.05, 0) is 0 Å². The molecule has 0 aliphatic heterocycles. The van der Waals surface area contributed by atoms with Gasteiger partial charge in [-0.25, -0.2) is 13.0 Å². The molecule has 0 unspecified atom stereocenters. The fourth-order valence-electron chi connectivity index (χ4n) is 0.145. The van der Waals surface area contributed by atoms with E-state index < -0.39 is 23.4 Å². The van der Waals surface area contributed by atoms with Crippen LogP contribution >= 0.6 is 7.82 Å². The zero-order chi connectivity index (χ0) is 10.9. The van der Waals surface area contributed by atoms with Gasteiger partial charge in [0.05, 0.1) is 0 Å². The number of sulfonamides is 1. The zero-order valence-electron chi connectivity index (χ0n) is 7.52. The first-order valence-corrected chi connectivity index (χ1v) is 5.29. The second-order valence-corrected chi connectivity index (χ2v) is 4.41. The molecule has 0 saturated carbocycles. The molecule has 13 heteroatoms. The fourth-order valence-corrected chi connectivity index (χ4v) is 1.02. The molecular formula is CH4F3LiNO6PS. The van der Waals surface area contributed by atoms with Crippen LogP contribution in [0.5, 0.6) is 0 Å². The average molecular weight is 253 g/mol. The molecule has 0 atom stereocenters. The van der Waals surface area contributed by atoms with Crippen LogP contribution in [0.15, 0.2) is 0 Å². The van der Waals surface area contributed by atoms with Crippen LogP contribution in [0.1, 0.15) is 1.43 Å². The van der Waals surface area contributed by atoms with E-state index in [2.05, 4.69) is 4.62 Å². The second kappa shape index (κ2) is 4.96. The third-order valence-corrected chi connectivity index (χ3v) is 1.94. The summed E-state index contributed by atoms with van der Waals surface area (Å²) in [7, 11) is -11.2. The molecule has 0 heterocycles. The van der Waals surface area contributed by atoms with Gasteiger partial charge < -0.3 is 11.2 Å². The minimum absolute atomic E-state index is 0. The van der Waals surface area contributed by atoms with Gasteiger partial charge in [0.1, 0.15) is 0 Å². The number of alkyl halides is 3. The van der Waals surface area contributed by atoms with E-state index in [-0.39, 0.29) is 25.2 Å². The standard InChI is InChI=1S/CH3F3NO6PS.Li.H/c2-1(3,4)13(9,10)5-11-12(6,7)8;;/h5H,(H2,6,7,8);;/q;+1;-1. The van der Waals surface area contributed by atoms with Crippen LogP contribution in [0, 0.1) is 0 Å².